The van der Waals surface area contributed by atoms with Gasteiger partial charge in [0.15, 0.2) is 0 Å². The van der Waals surface area contributed by atoms with Crippen LogP contribution in [0.15, 0.2) is 0 Å². The first-order valence-corrected chi connectivity index (χ1v) is 6.91. The number of methoxy groups -OCH3 is 1. The largest absolute Gasteiger partial charge is 0.383 e. The molecule has 19 heavy (non-hydrogen) atoms. The van der Waals surface area contributed by atoms with Crippen molar-refractivity contribution in [2.24, 2.45) is 5.92 Å². The van der Waals surface area contributed by atoms with E-state index in [9.17, 15) is 9.59 Å². The SMILES string of the molecule is COCCN1CC(C(=O)N2CCNC[C@@H]2C)CC1=O. The van der Waals surface area contributed by atoms with Crippen LogP contribution in [0.3, 0.4) is 0 Å². The normalized spacial score (nSPS) is 28.0. The molecule has 1 N–H and O–H groups in total. The average Bonchev–Trinajstić information content (AvgIpc) is 2.77. The van der Waals surface area contributed by atoms with Crippen molar-refractivity contribution in [3.8, 4) is 0 Å². The zero-order valence-corrected chi connectivity index (χ0v) is 11.7. The van der Waals surface area contributed by atoms with Crippen molar-refractivity contribution in [1.29, 1.82) is 0 Å². The van der Waals surface area contributed by atoms with Gasteiger partial charge in [-0.2, -0.15) is 0 Å². The summed E-state index contributed by atoms with van der Waals surface area (Å²) >= 11 is 0. The van der Waals surface area contributed by atoms with Crippen molar-refractivity contribution in [2.75, 3.05) is 46.4 Å². The Hall–Kier alpha value is -1.14. The molecule has 0 radical (unpaired) electrons. The molecule has 6 nitrogen and oxygen atoms in total. The third kappa shape index (κ3) is 3.25. The van der Waals surface area contributed by atoms with Gasteiger partial charge in [-0.05, 0) is 6.92 Å². The number of amides is 2. The first kappa shape index (κ1) is 14.3. The van der Waals surface area contributed by atoms with Crippen LogP contribution in [-0.4, -0.2) is 74.1 Å². The summed E-state index contributed by atoms with van der Waals surface area (Å²) in [5.74, 6) is 0.0189. The van der Waals surface area contributed by atoms with Gasteiger partial charge in [0.2, 0.25) is 11.8 Å². The highest BCUT2D eigenvalue weighted by atomic mass is 16.5. The number of hydrogen-bond donors (Lipinski definition) is 1. The van der Waals surface area contributed by atoms with E-state index in [-0.39, 0.29) is 23.8 Å². The fourth-order valence-electron chi connectivity index (χ4n) is 2.76. The van der Waals surface area contributed by atoms with Crippen LogP contribution in [0.5, 0.6) is 0 Å². The molecule has 0 bridgehead atoms. The highest BCUT2D eigenvalue weighted by Crippen LogP contribution is 2.21. The maximum atomic E-state index is 12.5. The summed E-state index contributed by atoms with van der Waals surface area (Å²) in [6.45, 7) is 6.10. The summed E-state index contributed by atoms with van der Waals surface area (Å²) in [6.07, 6.45) is 0.346. The summed E-state index contributed by atoms with van der Waals surface area (Å²) in [5, 5.41) is 3.27. The molecule has 0 aromatic rings. The molecule has 2 atom stereocenters. The lowest BCUT2D eigenvalue weighted by atomic mass is 10.1. The molecule has 1 unspecified atom stereocenters. The molecule has 2 aliphatic heterocycles. The van der Waals surface area contributed by atoms with E-state index in [1.165, 1.54) is 0 Å². The van der Waals surface area contributed by atoms with Crippen molar-refractivity contribution in [3.63, 3.8) is 0 Å². The van der Waals surface area contributed by atoms with Crippen molar-refractivity contribution in [1.82, 2.24) is 15.1 Å². The van der Waals surface area contributed by atoms with Crippen LogP contribution in [0.25, 0.3) is 0 Å². The third-order valence-electron chi connectivity index (χ3n) is 3.91. The molecule has 0 aromatic heterocycles. The molecule has 0 aliphatic carbocycles. The standard InChI is InChI=1S/C13H23N3O3/c1-10-8-14-3-4-16(10)13(18)11-7-12(17)15(9-11)5-6-19-2/h10-11,14H,3-9H2,1-2H3/t10-,11?/m0/s1. The maximum absolute atomic E-state index is 12.5. The lowest BCUT2D eigenvalue weighted by Gasteiger charge is -2.35. The van der Waals surface area contributed by atoms with Crippen molar-refractivity contribution >= 4 is 11.8 Å². The Bertz CT molecular complexity index is 348. The number of piperazine rings is 1. The van der Waals surface area contributed by atoms with Crippen LogP contribution < -0.4 is 5.32 Å². The van der Waals surface area contributed by atoms with Crippen molar-refractivity contribution in [3.05, 3.63) is 0 Å². The lowest BCUT2D eigenvalue weighted by molar-refractivity contribution is -0.138. The Morgan fingerprint density at radius 3 is 3.00 bits per heavy atom. The highest BCUT2D eigenvalue weighted by molar-refractivity contribution is 5.89. The van der Waals surface area contributed by atoms with Crippen LogP contribution in [0.1, 0.15) is 13.3 Å². The van der Waals surface area contributed by atoms with Crippen LogP contribution in [0.2, 0.25) is 0 Å². The fourth-order valence-corrected chi connectivity index (χ4v) is 2.76. The minimum absolute atomic E-state index is 0.0678. The van der Waals surface area contributed by atoms with E-state index in [0.717, 1.165) is 19.6 Å². The quantitative estimate of drug-likeness (QED) is 0.733. The third-order valence-corrected chi connectivity index (χ3v) is 3.91. The Morgan fingerprint density at radius 1 is 1.53 bits per heavy atom. The van der Waals surface area contributed by atoms with Gasteiger partial charge in [-0.25, -0.2) is 0 Å². The Labute approximate surface area is 114 Å². The average molecular weight is 269 g/mol. The van der Waals surface area contributed by atoms with Gasteiger partial charge in [0.1, 0.15) is 0 Å². The van der Waals surface area contributed by atoms with Gasteiger partial charge in [0.05, 0.1) is 12.5 Å². The van der Waals surface area contributed by atoms with Gasteiger partial charge in [0, 0.05) is 52.3 Å². The van der Waals surface area contributed by atoms with Crippen LogP contribution in [-0.2, 0) is 14.3 Å². The van der Waals surface area contributed by atoms with E-state index in [2.05, 4.69) is 5.32 Å². The first-order chi connectivity index (χ1) is 9.13. The van der Waals surface area contributed by atoms with Crippen LogP contribution in [0, 0.1) is 5.92 Å². The smallest absolute Gasteiger partial charge is 0.228 e. The lowest BCUT2D eigenvalue weighted by Crippen LogP contribution is -2.54. The predicted octanol–water partition coefficient (Wildman–Crippen LogP) is -0.698. The molecule has 2 amide bonds. The molecule has 2 fully saturated rings. The van der Waals surface area contributed by atoms with Gasteiger partial charge >= 0.3 is 0 Å². The van der Waals surface area contributed by atoms with Crippen LogP contribution >= 0.6 is 0 Å². The van der Waals surface area contributed by atoms with Gasteiger partial charge in [-0.15, -0.1) is 0 Å². The molecular formula is C13H23N3O3. The van der Waals surface area contributed by atoms with Crippen LogP contribution in [0.4, 0.5) is 0 Å². The molecule has 108 valence electrons. The van der Waals surface area contributed by atoms with E-state index in [4.69, 9.17) is 4.74 Å². The number of carbonyl (C=O) groups excluding carboxylic acids is 2. The van der Waals surface area contributed by atoms with Gasteiger partial charge in [-0.1, -0.05) is 0 Å². The number of hydrogen-bond acceptors (Lipinski definition) is 4. The number of nitrogens with one attached hydrogen (secondary N) is 1. The molecular weight excluding hydrogens is 246 g/mol. The fraction of sp³-hybridized carbons (Fsp3) is 0.846. The van der Waals surface area contributed by atoms with E-state index < -0.39 is 0 Å². The number of ether oxygens (including phenoxy) is 1. The zero-order chi connectivity index (χ0) is 13.8. The second-order valence-electron chi connectivity index (χ2n) is 5.32. The summed E-state index contributed by atoms with van der Waals surface area (Å²) in [6, 6.07) is 0.212. The number of likely N-dealkylation sites (tertiary alicyclic amines) is 1. The molecule has 2 saturated heterocycles. The summed E-state index contributed by atoms with van der Waals surface area (Å²) < 4.78 is 4.98. The molecule has 2 heterocycles. The van der Waals surface area contributed by atoms with Crippen molar-refractivity contribution < 1.29 is 14.3 Å². The van der Waals surface area contributed by atoms with E-state index in [0.29, 0.717) is 26.1 Å². The maximum Gasteiger partial charge on any atom is 0.228 e. The molecule has 0 aromatic carbocycles. The minimum Gasteiger partial charge on any atom is -0.383 e. The molecule has 0 saturated carbocycles. The number of carbonyl (C=O) groups is 2. The van der Waals surface area contributed by atoms with Gasteiger partial charge < -0.3 is 19.9 Å². The Kier molecular flexibility index (Phi) is 4.76. The van der Waals surface area contributed by atoms with E-state index in [1.54, 1.807) is 12.0 Å². The molecule has 2 aliphatic rings. The number of nitrogens with zero attached hydrogens (tertiary/aromatic N) is 2. The second-order valence-corrected chi connectivity index (χ2v) is 5.32. The van der Waals surface area contributed by atoms with E-state index in [1.807, 2.05) is 11.8 Å². The minimum atomic E-state index is -0.176. The summed E-state index contributed by atoms with van der Waals surface area (Å²) in [5.41, 5.74) is 0. The molecule has 6 heteroatoms. The summed E-state index contributed by atoms with van der Waals surface area (Å²) in [4.78, 5) is 28.0. The topological polar surface area (TPSA) is 61.9 Å². The number of rotatable bonds is 4. The van der Waals surface area contributed by atoms with Crippen molar-refractivity contribution in [2.45, 2.75) is 19.4 Å². The molecule has 0 spiro atoms. The highest BCUT2D eigenvalue weighted by Gasteiger charge is 2.37. The summed E-state index contributed by atoms with van der Waals surface area (Å²) in [7, 11) is 1.62. The zero-order valence-electron chi connectivity index (χ0n) is 11.7. The van der Waals surface area contributed by atoms with Gasteiger partial charge in [-0.3, -0.25) is 9.59 Å². The second kappa shape index (κ2) is 6.34. The Morgan fingerprint density at radius 2 is 2.32 bits per heavy atom. The molecule has 2 rings (SSSR count). The monoisotopic (exact) mass is 269 g/mol. The van der Waals surface area contributed by atoms with E-state index >= 15 is 0 Å². The first-order valence-electron chi connectivity index (χ1n) is 6.91. The predicted molar refractivity (Wildman–Crippen MR) is 70.6 cm³/mol. The van der Waals surface area contributed by atoms with Gasteiger partial charge in [0.25, 0.3) is 0 Å². The Balaban J connectivity index is 1.91.